The van der Waals surface area contributed by atoms with Crippen molar-refractivity contribution in [1.29, 1.82) is 0 Å². The van der Waals surface area contributed by atoms with Crippen LogP contribution in [0.15, 0.2) is 0 Å². The van der Waals surface area contributed by atoms with Crippen LogP contribution < -0.4 is 0 Å². The van der Waals surface area contributed by atoms with Crippen molar-refractivity contribution < 1.29 is 5.11 Å². The zero-order valence-corrected chi connectivity index (χ0v) is 8.30. The van der Waals surface area contributed by atoms with E-state index >= 15 is 0 Å². The molecule has 0 radical (unpaired) electrons. The molecule has 0 bridgehead atoms. The fraction of sp³-hybridized carbons (Fsp3) is 1.00. The Morgan fingerprint density at radius 3 is 2.18 bits per heavy atom. The number of aliphatic hydroxyl groups excluding tert-OH is 1. The normalized spacial score (nSPS) is 19.3. The lowest BCUT2D eigenvalue weighted by Crippen LogP contribution is -2.25. The maximum absolute atomic E-state index is 9.35. The lowest BCUT2D eigenvalue weighted by atomic mass is 9.77. The number of rotatable bonds is 5. The van der Waals surface area contributed by atoms with Crippen LogP contribution in [0.5, 0.6) is 0 Å². The molecule has 0 amide bonds. The van der Waals surface area contributed by atoms with Crippen molar-refractivity contribution in [2.24, 2.45) is 11.8 Å². The maximum atomic E-state index is 9.35. The summed E-state index contributed by atoms with van der Waals surface area (Å²) in [5.41, 5.74) is 0. The van der Waals surface area contributed by atoms with Crippen molar-refractivity contribution in [1.82, 2.24) is 0 Å². The third-order valence-electron chi connectivity index (χ3n) is 2.69. The standard InChI is InChI=1S/C9H21BO/c1-4-6-8(5-2)7(3)9(10)11/h7-9,11H,4-6,10H2,1-3H3. The van der Waals surface area contributed by atoms with E-state index in [0.717, 1.165) is 0 Å². The molecule has 0 aromatic heterocycles. The van der Waals surface area contributed by atoms with Gasteiger partial charge in [-0.1, -0.05) is 40.0 Å². The highest BCUT2D eigenvalue weighted by Gasteiger charge is 2.18. The Hall–Kier alpha value is 0.0249. The van der Waals surface area contributed by atoms with Crippen molar-refractivity contribution in [2.75, 3.05) is 0 Å². The average Bonchev–Trinajstić information content (AvgIpc) is 1.98. The Bertz CT molecular complexity index is 93.6. The zero-order chi connectivity index (χ0) is 8.85. The Kier molecular flexibility index (Phi) is 5.66. The highest BCUT2D eigenvalue weighted by molar-refractivity contribution is 6.10. The van der Waals surface area contributed by atoms with E-state index in [1.54, 1.807) is 0 Å². The van der Waals surface area contributed by atoms with Crippen LogP contribution in [0, 0.1) is 11.8 Å². The van der Waals surface area contributed by atoms with Gasteiger partial charge in [-0.2, -0.15) is 0 Å². The quantitative estimate of drug-likeness (QED) is 0.596. The number of aliphatic hydroxyl groups is 1. The molecule has 0 aliphatic rings. The van der Waals surface area contributed by atoms with E-state index in [0.29, 0.717) is 11.8 Å². The Morgan fingerprint density at radius 1 is 1.36 bits per heavy atom. The van der Waals surface area contributed by atoms with Gasteiger partial charge in [0.05, 0.1) is 0 Å². The molecule has 3 atom stereocenters. The molecule has 0 fully saturated rings. The Labute approximate surface area is 71.6 Å². The van der Waals surface area contributed by atoms with Crippen LogP contribution in [-0.2, 0) is 0 Å². The van der Waals surface area contributed by atoms with Crippen molar-refractivity contribution in [3.63, 3.8) is 0 Å². The van der Waals surface area contributed by atoms with E-state index in [4.69, 9.17) is 0 Å². The lowest BCUT2D eigenvalue weighted by molar-refractivity contribution is 0.142. The van der Waals surface area contributed by atoms with Gasteiger partial charge >= 0.3 is 0 Å². The Morgan fingerprint density at radius 2 is 1.91 bits per heavy atom. The molecule has 0 aliphatic heterocycles. The third-order valence-corrected chi connectivity index (χ3v) is 2.69. The van der Waals surface area contributed by atoms with Crippen LogP contribution >= 0.6 is 0 Å². The predicted molar refractivity (Wildman–Crippen MR) is 52.4 cm³/mol. The van der Waals surface area contributed by atoms with Crippen molar-refractivity contribution in [2.45, 2.75) is 46.0 Å². The molecule has 0 aromatic carbocycles. The molecule has 0 saturated carbocycles. The molecule has 0 aliphatic carbocycles. The molecule has 11 heavy (non-hydrogen) atoms. The molecule has 2 heteroatoms. The summed E-state index contributed by atoms with van der Waals surface area (Å²) in [6.45, 7) is 6.56. The highest BCUT2D eigenvalue weighted by Crippen LogP contribution is 2.22. The molecule has 66 valence electrons. The van der Waals surface area contributed by atoms with Crippen molar-refractivity contribution in [3.05, 3.63) is 0 Å². The predicted octanol–water partition coefficient (Wildman–Crippen LogP) is 1.40. The van der Waals surface area contributed by atoms with E-state index in [1.165, 1.54) is 19.3 Å². The summed E-state index contributed by atoms with van der Waals surface area (Å²) in [4.78, 5) is 0. The maximum Gasteiger partial charge on any atom is 0.139 e. The van der Waals surface area contributed by atoms with Crippen LogP contribution in [0.25, 0.3) is 0 Å². The monoisotopic (exact) mass is 156 g/mol. The van der Waals surface area contributed by atoms with Gasteiger partial charge < -0.3 is 5.11 Å². The van der Waals surface area contributed by atoms with Crippen LogP contribution in [-0.4, -0.2) is 19.0 Å². The van der Waals surface area contributed by atoms with Gasteiger partial charge in [0.15, 0.2) is 0 Å². The lowest BCUT2D eigenvalue weighted by Gasteiger charge is -2.24. The van der Waals surface area contributed by atoms with Crippen LogP contribution in [0.2, 0.25) is 0 Å². The summed E-state index contributed by atoms with van der Waals surface area (Å²) >= 11 is 0. The fourth-order valence-corrected chi connectivity index (χ4v) is 1.60. The van der Waals surface area contributed by atoms with Gasteiger partial charge in [-0.3, -0.25) is 0 Å². The minimum Gasteiger partial charge on any atom is -0.402 e. The first-order valence-corrected chi connectivity index (χ1v) is 4.81. The third kappa shape index (κ3) is 3.81. The molecule has 0 heterocycles. The minimum absolute atomic E-state index is 0.147. The SMILES string of the molecule is BC(O)C(C)C(CC)CCC. The van der Waals surface area contributed by atoms with E-state index in [9.17, 15) is 5.11 Å². The molecule has 1 N–H and O–H groups in total. The average molecular weight is 156 g/mol. The first-order valence-electron chi connectivity index (χ1n) is 4.81. The molecule has 1 nitrogen and oxygen atoms in total. The number of hydrogen-bond donors (Lipinski definition) is 1. The van der Waals surface area contributed by atoms with Gasteiger partial charge in [0.2, 0.25) is 0 Å². The molecular weight excluding hydrogens is 135 g/mol. The van der Waals surface area contributed by atoms with Gasteiger partial charge in [-0.05, 0) is 11.8 Å². The molecular formula is C9H21BO. The summed E-state index contributed by atoms with van der Waals surface area (Å²) in [6.07, 6.45) is 3.68. The van der Waals surface area contributed by atoms with E-state index < -0.39 is 0 Å². The van der Waals surface area contributed by atoms with Crippen LogP contribution in [0.4, 0.5) is 0 Å². The van der Waals surface area contributed by atoms with Crippen molar-refractivity contribution in [3.8, 4) is 0 Å². The fourth-order valence-electron chi connectivity index (χ4n) is 1.60. The van der Waals surface area contributed by atoms with Crippen LogP contribution in [0.3, 0.4) is 0 Å². The molecule has 0 rings (SSSR count). The van der Waals surface area contributed by atoms with Gasteiger partial charge in [0.25, 0.3) is 0 Å². The van der Waals surface area contributed by atoms with E-state index in [-0.39, 0.29) is 6.00 Å². The highest BCUT2D eigenvalue weighted by atomic mass is 16.3. The largest absolute Gasteiger partial charge is 0.402 e. The molecule has 3 unspecified atom stereocenters. The second kappa shape index (κ2) is 5.65. The Balaban J connectivity index is 3.81. The molecule has 0 spiro atoms. The minimum atomic E-state index is -0.147. The van der Waals surface area contributed by atoms with Gasteiger partial charge in [-0.15, -0.1) is 0 Å². The smallest absolute Gasteiger partial charge is 0.139 e. The molecule has 0 aromatic rings. The number of hydrogen-bond acceptors (Lipinski definition) is 1. The second-order valence-corrected chi connectivity index (χ2v) is 3.56. The second-order valence-electron chi connectivity index (χ2n) is 3.56. The topological polar surface area (TPSA) is 20.2 Å². The zero-order valence-electron chi connectivity index (χ0n) is 8.30. The van der Waals surface area contributed by atoms with Crippen molar-refractivity contribution >= 4 is 7.85 Å². The summed E-state index contributed by atoms with van der Waals surface area (Å²) in [7, 11) is 1.89. The molecule has 0 saturated heterocycles. The van der Waals surface area contributed by atoms with E-state index in [2.05, 4.69) is 20.8 Å². The first kappa shape index (κ1) is 11.0. The van der Waals surface area contributed by atoms with Gasteiger partial charge in [0, 0.05) is 6.00 Å². The van der Waals surface area contributed by atoms with Gasteiger partial charge in [0.1, 0.15) is 7.85 Å². The summed E-state index contributed by atoms with van der Waals surface area (Å²) in [5.74, 6) is 1.17. The first-order chi connectivity index (χ1) is 5.13. The van der Waals surface area contributed by atoms with Crippen LogP contribution in [0.1, 0.15) is 40.0 Å². The van der Waals surface area contributed by atoms with Gasteiger partial charge in [-0.25, -0.2) is 0 Å². The summed E-state index contributed by atoms with van der Waals surface area (Å²) in [6, 6.07) is -0.147. The summed E-state index contributed by atoms with van der Waals surface area (Å²) < 4.78 is 0. The van der Waals surface area contributed by atoms with E-state index in [1.807, 2.05) is 7.85 Å². The summed E-state index contributed by atoms with van der Waals surface area (Å²) in [5, 5.41) is 9.35.